The zero-order chi connectivity index (χ0) is 45.1. The lowest BCUT2D eigenvalue weighted by Gasteiger charge is -2.58. The maximum Gasteiger partial charge on any atom is 0.407 e. The molecule has 4 aliphatic rings. The number of fused-ring (bicyclic) bond motifs is 5. The first kappa shape index (κ1) is 50.7. The lowest BCUT2D eigenvalue weighted by atomic mass is 9.47. The van der Waals surface area contributed by atoms with Gasteiger partial charge in [0.05, 0.1) is 52.4 Å². The number of hydrogen-bond donors (Lipinski definition) is 1. The molecule has 0 aromatic heterocycles. The van der Waals surface area contributed by atoms with Crippen LogP contribution in [0.1, 0.15) is 155 Å². The van der Waals surface area contributed by atoms with E-state index in [-0.39, 0.29) is 43.2 Å². The van der Waals surface area contributed by atoms with Crippen molar-refractivity contribution in [3.8, 4) is 0 Å². The lowest BCUT2D eigenvalue weighted by Crippen LogP contribution is -2.51. The first-order valence-electron chi connectivity index (χ1n) is 25.1. The third-order valence-electron chi connectivity index (χ3n) is 14.6. The molecule has 11 nitrogen and oxygen atoms in total. The Morgan fingerprint density at radius 1 is 0.902 bits per heavy atom. The number of alkyl carbamates (subject to hydrolysis) is 1. The number of allylic oxidation sites excluding steroid dienone is 1. The van der Waals surface area contributed by atoms with Crippen molar-refractivity contribution in [1.82, 2.24) is 9.99 Å². The Labute approximate surface area is 375 Å². The predicted octanol–water partition coefficient (Wildman–Crippen LogP) is 11.4. The van der Waals surface area contributed by atoms with Crippen molar-refractivity contribution in [2.45, 2.75) is 177 Å². The van der Waals surface area contributed by atoms with Gasteiger partial charge in [-0.15, -0.1) is 0 Å². The molecule has 0 radical (unpaired) electrons. The van der Waals surface area contributed by atoms with Crippen LogP contribution in [0.25, 0.3) is 0 Å². The second-order valence-corrected chi connectivity index (χ2v) is 21.4. The van der Waals surface area contributed by atoms with Crippen molar-refractivity contribution in [3.05, 3.63) is 11.6 Å². The molecule has 10 atom stereocenters. The van der Waals surface area contributed by atoms with Gasteiger partial charge in [0, 0.05) is 39.6 Å². The van der Waals surface area contributed by atoms with Gasteiger partial charge in [-0.1, -0.05) is 65.5 Å². The molecule has 0 spiro atoms. The van der Waals surface area contributed by atoms with Gasteiger partial charge < -0.3 is 38.0 Å². The molecule has 3 fully saturated rings. The van der Waals surface area contributed by atoms with E-state index in [1.165, 1.54) is 57.8 Å². The van der Waals surface area contributed by atoms with Crippen molar-refractivity contribution in [2.75, 3.05) is 65.9 Å². The number of aliphatic imine (C=N–C) groups is 1. The summed E-state index contributed by atoms with van der Waals surface area (Å²) < 4.78 is 50.9. The first-order chi connectivity index (χ1) is 29.7. The fourth-order valence-electron chi connectivity index (χ4n) is 11.6. The van der Waals surface area contributed by atoms with E-state index in [9.17, 15) is 4.79 Å². The molecule has 4 aliphatic carbocycles. The highest BCUT2D eigenvalue weighted by Crippen LogP contribution is 2.67. The quantitative estimate of drug-likeness (QED) is 0.0258. The highest BCUT2D eigenvalue weighted by Gasteiger charge is 2.59. The van der Waals surface area contributed by atoms with Crippen molar-refractivity contribution in [3.63, 3.8) is 0 Å². The number of hydrogen-bond acceptors (Lipinski definition) is 10. The summed E-state index contributed by atoms with van der Waals surface area (Å²) >= 11 is 0. The van der Waals surface area contributed by atoms with Crippen LogP contribution >= 0.6 is 8.53 Å². The summed E-state index contributed by atoms with van der Waals surface area (Å²) in [5.41, 5.74) is 2.32. The van der Waals surface area contributed by atoms with Crippen molar-refractivity contribution >= 4 is 21.0 Å². The van der Waals surface area contributed by atoms with Crippen LogP contribution in [-0.2, 0) is 32.7 Å². The van der Waals surface area contributed by atoms with Gasteiger partial charge in [0.25, 0.3) is 0 Å². The number of nitrogens with one attached hydrogen (secondary N) is 1. The second kappa shape index (κ2) is 26.6. The maximum atomic E-state index is 12.8. The smallest absolute Gasteiger partial charge is 0.407 e. The highest BCUT2D eigenvalue weighted by atomic mass is 31.2. The van der Waals surface area contributed by atoms with Gasteiger partial charge in [0.15, 0.2) is 6.40 Å². The monoisotopic (exact) mass is 881 g/mol. The molecule has 0 heterocycles. The summed E-state index contributed by atoms with van der Waals surface area (Å²) in [7, 11) is -1.42. The molecule has 3 saturated carbocycles. The Kier molecular flexibility index (Phi) is 22.1. The van der Waals surface area contributed by atoms with E-state index in [0.717, 1.165) is 54.8 Å². The van der Waals surface area contributed by atoms with Gasteiger partial charge in [-0.25, -0.2) is 9.46 Å². The van der Waals surface area contributed by atoms with Crippen LogP contribution in [0.2, 0.25) is 0 Å². The summed E-state index contributed by atoms with van der Waals surface area (Å²) in [5, 5.41) is 2.95. The molecular formula is C49H90N3O8P. The molecule has 1 amide bonds. The van der Waals surface area contributed by atoms with E-state index in [2.05, 4.69) is 83.4 Å². The Bertz CT molecular complexity index is 1330. The number of rotatable bonds is 29. The average Bonchev–Trinajstić information content (AvgIpc) is 3.58. The van der Waals surface area contributed by atoms with Crippen LogP contribution in [0, 0.1) is 46.3 Å². The average molecular weight is 881 g/mol. The first-order valence-corrected chi connectivity index (χ1v) is 25.5. The second-order valence-electron chi connectivity index (χ2n) is 20.0. The van der Waals surface area contributed by atoms with Gasteiger partial charge in [0.2, 0.25) is 0 Å². The molecular weight excluding hydrogens is 790 g/mol. The molecule has 6 unspecified atom stereocenters. The van der Waals surface area contributed by atoms with Crippen LogP contribution in [0.3, 0.4) is 0 Å². The summed E-state index contributed by atoms with van der Waals surface area (Å²) in [6.45, 7) is 27.6. The summed E-state index contributed by atoms with van der Waals surface area (Å²) in [6, 6.07) is 0.426. The van der Waals surface area contributed by atoms with E-state index in [4.69, 9.17) is 34.1 Å². The standard InChI is InChI=1S/C49H90N3O8P/c1-12-50-35-58-61(52(37(4)5)38(6)7)60-40(9)34-57-32-31-56-30-29-55-28-27-54-26-14-25-51-47(53)59-42-21-23-48(10)41(33-42)17-18-43-45-20-19-44(39(8)16-13-15-36(2)3)49(45,11)24-22-46(43)48/h17,35-40,42-46H,12-16,18-34H2,1-11H3,(H,51,53)/b50-35+/t39-,40?,42+,43?,44?,45?,46?,48+,49-,61?/m1/s1/i9D. The minimum atomic E-state index is -1.42. The fourth-order valence-corrected chi connectivity index (χ4v) is 13.1. The number of ether oxygens (including phenoxy) is 5. The zero-order valence-electron chi connectivity index (χ0n) is 41.3. The van der Waals surface area contributed by atoms with Gasteiger partial charge in [-0.2, -0.15) is 0 Å². The van der Waals surface area contributed by atoms with E-state index < -0.39 is 14.6 Å². The van der Waals surface area contributed by atoms with Crippen LogP contribution in [0.4, 0.5) is 4.79 Å². The van der Waals surface area contributed by atoms with E-state index in [1.54, 1.807) is 5.57 Å². The highest BCUT2D eigenvalue weighted by molar-refractivity contribution is 7.45. The third-order valence-corrected chi connectivity index (χ3v) is 16.6. The van der Waals surface area contributed by atoms with Crippen molar-refractivity contribution in [1.29, 1.82) is 0 Å². The minimum Gasteiger partial charge on any atom is -0.446 e. The van der Waals surface area contributed by atoms with E-state index >= 15 is 0 Å². The van der Waals surface area contributed by atoms with E-state index in [1.807, 2.05) is 6.92 Å². The van der Waals surface area contributed by atoms with Crippen LogP contribution < -0.4 is 5.32 Å². The number of carbonyl (C=O) groups is 1. The molecule has 4 rings (SSSR count). The topological polar surface area (TPSA) is 109 Å². The Hall–Kier alpha value is -1.33. The zero-order valence-corrected chi connectivity index (χ0v) is 41.2. The van der Waals surface area contributed by atoms with Gasteiger partial charge in [0.1, 0.15) is 6.10 Å². The van der Waals surface area contributed by atoms with E-state index in [0.29, 0.717) is 71.2 Å². The van der Waals surface area contributed by atoms with Gasteiger partial charge >= 0.3 is 14.6 Å². The minimum absolute atomic E-state index is 0.0379. The molecule has 0 aromatic carbocycles. The molecule has 0 aliphatic heterocycles. The lowest BCUT2D eigenvalue weighted by molar-refractivity contribution is -0.0581. The Balaban J connectivity index is 1.01. The SMILES string of the molecule is [2H]CC(COCCOCCOCCOCCCNC(=O)O[C@H]1CC[C@@]2(C)C(=CCC3C4CCC([C@H](C)CCCC(C)C)[C@@]4(C)CCC32)C1)OP(O/C=N/CC)N(C(C)C)C(C)C. The Morgan fingerprint density at radius 2 is 1.59 bits per heavy atom. The number of amides is 1. The Morgan fingerprint density at radius 3 is 2.25 bits per heavy atom. The van der Waals surface area contributed by atoms with Gasteiger partial charge in [-0.05, 0) is 139 Å². The molecule has 354 valence electrons. The van der Waals surface area contributed by atoms with Gasteiger partial charge in [-0.3, -0.25) is 4.99 Å². The normalized spacial score (nSPS) is 29.3. The van der Waals surface area contributed by atoms with Crippen LogP contribution in [0.15, 0.2) is 16.6 Å². The fraction of sp³-hybridized carbons (Fsp3) is 0.918. The predicted molar refractivity (Wildman–Crippen MR) is 249 cm³/mol. The summed E-state index contributed by atoms with van der Waals surface area (Å²) in [4.78, 5) is 16.9. The molecule has 12 heteroatoms. The molecule has 1 N–H and O–H groups in total. The van der Waals surface area contributed by atoms with Crippen LogP contribution in [0.5, 0.6) is 0 Å². The largest absolute Gasteiger partial charge is 0.446 e. The molecule has 0 saturated heterocycles. The van der Waals surface area contributed by atoms with Crippen LogP contribution in [-0.4, -0.2) is 107 Å². The number of nitrogens with zero attached hydrogens (tertiary/aromatic N) is 2. The maximum absolute atomic E-state index is 12.8. The summed E-state index contributed by atoms with van der Waals surface area (Å²) in [6.07, 6.45) is 17.9. The third kappa shape index (κ3) is 15.7. The molecule has 0 aromatic rings. The molecule has 0 bridgehead atoms. The number of carbonyl (C=O) groups excluding carboxylic acids is 1. The van der Waals surface area contributed by atoms with Crippen molar-refractivity contribution < 1.29 is 38.9 Å². The molecule has 61 heavy (non-hydrogen) atoms. The summed E-state index contributed by atoms with van der Waals surface area (Å²) in [5.74, 6) is 4.99. The van der Waals surface area contributed by atoms with Crippen molar-refractivity contribution in [2.24, 2.45) is 51.3 Å².